The smallest absolute Gasteiger partial charge is 0.410 e. The zero-order valence-corrected chi connectivity index (χ0v) is 25.5. The van der Waals surface area contributed by atoms with E-state index in [-0.39, 0.29) is 17.8 Å². The van der Waals surface area contributed by atoms with Crippen molar-refractivity contribution in [3.63, 3.8) is 0 Å². The molecule has 224 valence electrons. The first-order valence-electron chi connectivity index (χ1n) is 14.9. The molecule has 0 saturated heterocycles. The number of fused-ring (bicyclic) bond motifs is 1. The predicted octanol–water partition coefficient (Wildman–Crippen LogP) is 6.51. The molecule has 2 aliphatic rings. The van der Waals surface area contributed by atoms with Gasteiger partial charge in [0.2, 0.25) is 5.91 Å². The molecule has 0 fully saturated rings. The lowest BCUT2D eigenvalue weighted by Gasteiger charge is -2.32. The van der Waals surface area contributed by atoms with Gasteiger partial charge in [-0.1, -0.05) is 24.3 Å². The third-order valence-corrected chi connectivity index (χ3v) is 7.59. The normalized spacial score (nSPS) is 17.3. The molecule has 0 saturated carbocycles. The highest BCUT2D eigenvalue weighted by Crippen LogP contribution is 2.39. The minimum atomic E-state index is -0.631. The Morgan fingerprint density at radius 3 is 2.55 bits per heavy atom. The van der Waals surface area contributed by atoms with E-state index in [4.69, 9.17) is 14.5 Å². The summed E-state index contributed by atoms with van der Waals surface area (Å²) in [6.07, 6.45) is 8.43. The third-order valence-electron chi connectivity index (χ3n) is 7.59. The number of unbranched alkanes of at least 4 members (excludes halogenated alkanes) is 1. The lowest BCUT2D eigenvalue weighted by molar-refractivity contribution is -0.116. The van der Waals surface area contributed by atoms with Crippen molar-refractivity contribution in [2.75, 3.05) is 31.1 Å². The lowest BCUT2D eigenvalue weighted by Crippen LogP contribution is -2.40. The Hall–Kier alpha value is -3.94. The summed E-state index contributed by atoms with van der Waals surface area (Å²) >= 11 is 0. The molecular weight excluding hydrogens is 530 g/mol. The van der Waals surface area contributed by atoms with Gasteiger partial charge in [0.05, 0.1) is 6.61 Å². The molecule has 1 unspecified atom stereocenters. The van der Waals surface area contributed by atoms with Gasteiger partial charge in [0.15, 0.2) is 5.78 Å². The van der Waals surface area contributed by atoms with Gasteiger partial charge in [0, 0.05) is 56.0 Å². The van der Waals surface area contributed by atoms with Crippen LogP contribution >= 0.6 is 0 Å². The van der Waals surface area contributed by atoms with Crippen LogP contribution in [-0.2, 0) is 21.5 Å². The molecule has 0 aliphatic carbocycles. The average Bonchev–Trinajstić information content (AvgIpc) is 3.59. The van der Waals surface area contributed by atoms with Gasteiger partial charge in [-0.25, -0.2) is 4.79 Å². The number of nitrogens with zero attached hydrogens (tertiary/aromatic N) is 3. The van der Waals surface area contributed by atoms with E-state index < -0.39 is 11.1 Å². The Morgan fingerprint density at radius 2 is 1.86 bits per heavy atom. The van der Waals surface area contributed by atoms with Gasteiger partial charge in [0.25, 0.3) is 0 Å². The zero-order valence-electron chi connectivity index (χ0n) is 25.5. The number of Topliss-reactive ketones (excluding diaryl/α,β-unsaturated/α-hetero) is 1. The van der Waals surface area contributed by atoms with Crippen LogP contribution in [-0.4, -0.2) is 60.7 Å². The van der Waals surface area contributed by atoms with Gasteiger partial charge in [-0.3, -0.25) is 14.6 Å². The van der Waals surface area contributed by atoms with E-state index in [9.17, 15) is 14.4 Å². The molecule has 2 amide bonds. The number of allylic oxidation sites excluding steroid dienone is 1. The number of ketones is 1. The van der Waals surface area contributed by atoms with Gasteiger partial charge in [-0.2, -0.15) is 0 Å². The van der Waals surface area contributed by atoms with Crippen molar-refractivity contribution < 1.29 is 23.9 Å². The molecule has 2 heterocycles. The number of para-hydroxylation sites is 1. The van der Waals surface area contributed by atoms with Crippen molar-refractivity contribution in [2.24, 2.45) is 4.99 Å². The molecule has 1 atom stereocenters. The van der Waals surface area contributed by atoms with Crippen molar-refractivity contribution in [1.29, 1.82) is 0 Å². The third kappa shape index (κ3) is 7.46. The Bertz CT molecular complexity index is 1350. The molecule has 0 spiro atoms. The Labute approximate surface area is 249 Å². The van der Waals surface area contributed by atoms with Crippen LogP contribution < -0.4 is 9.64 Å². The molecule has 42 heavy (non-hydrogen) atoms. The maximum Gasteiger partial charge on any atom is 0.410 e. The summed E-state index contributed by atoms with van der Waals surface area (Å²) in [5, 5.41) is 0. The van der Waals surface area contributed by atoms with Crippen LogP contribution in [0.1, 0.15) is 81.8 Å². The van der Waals surface area contributed by atoms with E-state index in [1.807, 2.05) is 76.2 Å². The highest BCUT2D eigenvalue weighted by Gasteiger charge is 2.35. The first-order valence-corrected chi connectivity index (χ1v) is 14.9. The Balaban J connectivity index is 1.39. The van der Waals surface area contributed by atoms with Crippen LogP contribution in [0.15, 0.2) is 59.6 Å². The molecule has 4 rings (SSSR count). The van der Waals surface area contributed by atoms with Crippen LogP contribution in [0.5, 0.6) is 5.75 Å². The molecule has 8 nitrogen and oxygen atoms in total. The molecule has 0 N–H and O–H groups in total. The topological polar surface area (TPSA) is 88.5 Å². The van der Waals surface area contributed by atoms with Gasteiger partial charge in [0.1, 0.15) is 16.9 Å². The summed E-state index contributed by atoms with van der Waals surface area (Å²) in [6.45, 7) is 11.2. The number of aliphatic imine (C=N–C) groups is 1. The largest absolute Gasteiger partial charge is 0.493 e. The summed E-state index contributed by atoms with van der Waals surface area (Å²) < 4.78 is 11.7. The van der Waals surface area contributed by atoms with Crippen LogP contribution in [0.4, 0.5) is 10.5 Å². The molecule has 0 bridgehead atoms. The molecule has 0 aromatic heterocycles. The van der Waals surface area contributed by atoms with E-state index in [2.05, 4.69) is 6.08 Å². The maximum atomic E-state index is 13.2. The average molecular weight is 574 g/mol. The van der Waals surface area contributed by atoms with Gasteiger partial charge in [-0.05, 0) is 89.3 Å². The fourth-order valence-electron chi connectivity index (χ4n) is 5.53. The second-order valence-corrected chi connectivity index (χ2v) is 11.9. The first-order chi connectivity index (χ1) is 20.0. The summed E-state index contributed by atoms with van der Waals surface area (Å²) in [7, 11) is 0. The van der Waals surface area contributed by atoms with Crippen LogP contribution in [0, 0.1) is 0 Å². The van der Waals surface area contributed by atoms with Crippen molar-refractivity contribution in [2.45, 2.75) is 77.9 Å². The number of anilines is 1. The molecule has 2 aromatic rings. The molecular formula is C34H43N3O5. The predicted molar refractivity (Wildman–Crippen MR) is 166 cm³/mol. The number of benzene rings is 2. The number of carbonyl (C=O) groups excluding carboxylic acids is 3. The summed E-state index contributed by atoms with van der Waals surface area (Å²) in [6, 6.07) is 13.5. The maximum absolute atomic E-state index is 13.2. The van der Waals surface area contributed by atoms with Gasteiger partial charge < -0.3 is 19.3 Å². The standard InChI is InChI=1S/C34H43N3O5/c1-6-41-31-14-8-7-12-28(31)34(18-11-20-35-34)19-23-36(32(40)42-33(3,4)5)21-10-9-13-30(39)27-15-16-29-26(24-27)17-22-37(29)25(2)38/h7-8,11-12,14-16,18,20,24H,6,9-10,13,17,19,21-23H2,1-5H3. The quantitative estimate of drug-likeness (QED) is 0.213. The van der Waals surface area contributed by atoms with Crippen molar-refractivity contribution in [1.82, 2.24) is 4.90 Å². The summed E-state index contributed by atoms with van der Waals surface area (Å²) in [5.74, 6) is 0.869. The van der Waals surface area contributed by atoms with Crippen molar-refractivity contribution in [3.05, 3.63) is 71.3 Å². The van der Waals surface area contributed by atoms with E-state index >= 15 is 0 Å². The number of rotatable bonds is 12. The highest BCUT2D eigenvalue weighted by molar-refractivity contribution is 5.98. The number of amides is 2. The number of ether oxygens (including phenoxy) is 2. The SMILES string of the molecule is CCOc1ccccc1C1(CCN(CCCCC(=O)c2ccc3c(c2)CCN3C(C)=O)C(=O)OC(C)(C)C)C=CC=N1. The minimum absolute atomic E-state index is 0.0162. The summed E-state index contributed by atoms with van der Waals surface area (Å²) in [4.78, 5) is 46.4. The van der Waals surface area contributed by atoms with E-state index in [1.54, 1.807) is 22.9 Å². The second kappa shape index (κ2) is 13.4. The zero-order chi connectivity index (χ0) is 30.3. The number of hydrogen-bond acceptors (Lipinski definition) is 6. The molecule has 0 radical (unpaired) electrons. The molecule has 2 aromatic carbocycles. The fraction of sp³-hybridized carbons (Fsp3) is 0.471. The number of carbonyl (C=O) groups is 3. The fourth-order valence-corrected chi connectivity index (χ4v) is 5.53. The van der Waals surface area contributed by atoms with E-state index in [0.717, 1.165) is 29.0 Å². The summed E-state index contributed by atoms with van der Waals surface area (Å²) in [5.41, 5.74) is 2.32. The van der Waals surface area contributed by atoms with Crippen molar-refractivity contribution >= 4 is 29.7 Å². The van der Waals surface area contributed by atoms with Gasteiger partial charge >= 0.3 is 6.09 Å². The van der Waals surface area contributed by atoms with Crippen LogP contribution in [0.3, 0.4) is 0 Å². The molecule has 2 aliphatic heterocycles. The number of hydrogen-bond donors (Lipinski definition) is 0. The minimum Gasteiger partial charge on any atom is -0.493 e. The van der Waals surface area contributed by atoms with Gasteiger partial charge in [-0.15, -0.1) is 0 Å². The highest BCUT2D eigenvalue weighted by atomic mass is 16.6. The Kier molecular flexibility index (Phi) is 9.86. The first kappa shape index (κ1) is 31.0. The second-order valence-electron chi connectivity index (χ2n) is 11.9. The van der Waals surface area contributed by atoms with E-state index in [0.29, 0.717) is 57.5 Å². The van der Waals surface area contributed by atoms with Crippen molar-refractivity contribution in [3.8, 4) is 5.75 Å². The lowest BCUT2D eigenvalue weighted by atomic mass is 9.86. The Morgan fingerprint density at radius 1 is 1.07 bits per heavy atom. The van der Waals surface area contributed by atoms with Crippen LogP contribution in [0.25, 0.3) is 0 Å². The van der Waals surface area contributed by atoms with E-state index in [1.165, 1.54) is 0 Å². The monoisotopic (exact) mass is 573 g/mol. The molecule has 8 heteroatoms. The van der Waals surface area contributed by atoms with Crippen LogP contribution in [0.2, 0.25) is 0 Å².